The zero-order valence-electron chi connectivity index (χ0n) is 8.21. The van der Waals surface area contributed by atoms with Gasteiger partial charge in [0.2, 0.25) is 0 Å². The molecule has 0 radical (unpaired) electrons. The SMILES string of the molecule is CCCCN(CC)C(C)C(=O)O. The fourth-order valence-corrected chi connectivity index (χ4v) is 1.14. The molecule has 12 heavy (non-hydrogen) atoms. The van der Waals surface area contributed by atoms with Crippen LogP contribution < -0.4 is 0 Å². The van der Waals surface area contributed by atoms with Gasteiger partial charge in [0.25, 0.3) is 0 Å². The van der Waals surface area contributed by atoms with Gasteiger partial charge < -0.3 is 5.11 Å². The van der Waals surface area contributed by atoms with E-state index in [9.17, 15) is 4.79 Å². The Morgan fingerprint density at radius 1 is 1.50 bits per heavy atom. The van der Waals surface area contributed by atoms with Crippen molar-refractivity contribution in [1.82, 2.24) is 4.90 Å². The molecule has 0 bridgehead atoms. The maximum absolute atomic E-state index is 10.6. The Labute approximate surface area is 74.4 Å². The van der Waals surface area contributed by atoms with Crippen molar-refractivity contribution in [3.8, 4) is 0 Å². The fraction of sp³-hybridized carbons (Fsp3) is 0.889. The first-order valence-electron chi connectivity index (χ1n) is 4.60. The first-order valence-corrected chi connectivity index (χ1v) is 4.60. The number of rotatable bonds is 6. The Bertz CT molecular complexity index is 136. The summed E-state index contributed by atoms with van der Waals surface area (Å²) < 4.78 is 0. The first kappa shape index (κ1) is 11.4. The minimum Gasteiger partial charge on any atom is -0.480 e. The topological polar surface area (TPSA) is 40.5 Å². The summed E-state index contributed by atoms with van der Waals surface area (Å²) in [6.07, 6.45) is 2.19. The average Bonchev–Trinajstić information content (AvgIpc) is 2.05. The first-order chi connectivity index (χ1) is 5.63. The average molecular weight is 173 g/mol. The monoisotopic (exact) mass is 173 g/mol. The lowest BCUT2D eigenvalue weighted by atomic mass is 10.2. The van der Waals surface area contributed by atoms with Crippen LogP contribution in [0.4, 0.5) is 0 Å². The molecule has 0 saturated heterocycles. The lowest BCUT2D eigenvalue weighted by molar-refractivity contribution is -0.142. The number of nitrogens with zero attached hydrogens (tertiary/aromatic N) is 1. The van der Waals surface area contributed by atoms with Crippen LogP contribution >= 0.6 is 0 Å². The molecule has 0 aliphatic rings. The number of carbonyl (C=O) groups is 1. The molecule has 0 aromatic rings. The molecule has 1 N–H and O–H groups in total. The highest BCUT2D eigenvalue weighted by Gasteiger charge is 2.17. The molecule has 1 unspecified atom stereocenters. The van der Waals surface area contributed by atoms with Crippen molar-refractivity contribution in [2.24, 2.45) is 0 Å². The van der Waals surface area contributed by atoms with Crippen molar-refractivity contribution >= 4 is 5.97 Å². The van der Waals surface area contributed by atoms with Crippen LogP contribution in [0, 0.1) is 0 Å². The summed E-state index contributed by atoms with van der Waals surface area (Å²) in [7, 11) is 0. The molecule has 0 aliphatic heterocycles. The predicted octanol–water partition coefficient (Wildman–Crippen LogP) is 1.58. The summed E-state index contributed by atoms with van der Waals surface area (Å²) >= 11 is 0. The van der Waals surface area contributed by atoms with E-state index in [4.69, 9.17) is 5.11 Å². The number of likely N-dealkylation sites (N-methyl/N-ethyl adjacent to an activating group) is 1. The lowest BCUT2D eigenvalue weighted by Crippen LogP contribution is -2.39. The van der Waals surface area contributed by atoms with Crippen LogP contribution in [0.3, 0.4) is 0 Å². The molecule has 0 fully saturated rings. The van der Waals surface area contributed by atoms with E-state index in [1.165, 1.54) is 0 Å². The van der Waals surface area contributed by atoms with E-state index in [1.807, 2.05) is 11.8 Å². The number of aliphatic carboxylic acids is 1. The largest absolute Gasteiger partial charge is 0.480 e. The van der Waals surface area contributed by atoms with Gasteiger partial charge in [-0.1, -0.05) is 20.3 Å². The highest BCUT2D eigenvalue weighted by atomic mass is 16.4. The molecule has 0 rings (SSSR count). The van der Waals surface area contributed by atoms with Crippen LogP contribution in [0.1, 0.15) is 33.6 Å². The molecule has 0 spiro atoms. The third-order valence-electron chi connectivity index (χ3n) is 2.11. The molecule has 0 amide bonds. The van der Waals surface area contributed by atoms with Crippen molar-refractivity contribution in [2.75, 3.05) is 13.1 Å². The Hall–Kier alpha value is -0.570. The van der Waals surface area contributed by atoms with E-state index in [1.54, 1.807) is 6.92 Å². The van der Waals surface area contributed by atoms with E-state index in [0.717, 1.165) is 25.9 Å². The van der Waals surface area contributed by atoms with Crippen molar-refractivity contribution in [3.63, 3.8) is 0 Å². The van der Waals surface area contributed by atoms with Crippen LogP contribution in [-0.4, -0.2) is 35.1 Å². The highest BCUT2D eigenvalue weighted by molar-refractivity contribution is 5.72. The molecular weight excluding hydrogens is 154 g/mol. The minimum atomic E-state index is -0.729. The van der Waals surface area contributed by atoms with E-state index in [-0.39, 0.29) is 6.04 Å². The third-order valence-corrected chi connectivity index (χ3v) is 2.11. The van der Waals surface area contributed by atoms with Crippen LogP contribution in [0.25, 0.3) is 0 Å². The van der Waals surface area contributed by atoms with Gasteiger partial charge in [-0.15, -0.1) is 0 Å². The second-order valence-electron chi connectivity index (χ2n) is 3.00. The maximum Gasteiger partial charge on any atom is 0.320 e. The van der Waals surface area contributed by atoms with E-state index in [0.29, 0.717) is 0 Å². The van der Waals surface area contributed by atoms with Gasteiger partial charge in [0.1, 0.15) is 6.04 Å². The van der Waals surface area contributed by atoms with Gasteiger partial charge in [-0.3, -0.25) is 9.69 Å². The number of unbranched alkanes of at least 4 members (excludes halogenated alkanes) is 1. The normalized spacial score (nSPS) is 13.3. The van der Waals surface area contributed by atoms with Crippen molar-refractivity contribution < 1.29 is 9.90 Å². The molecule has 72 valence electrons. The van der Waals surface area contributed by atoms with Crippen LogP contribution in [0.5, 0.6) is 0 Å². The summed E-state index contributed by atoms with van der Waals surface area (Å²) in [5.41, 5.74) is 0. The molecule has 1 atom stereocenters. The molecule has 3 nitrogen and oxygen atoms in total. The summed E-state index contributed by atoms with van der Waals surface area (Å²) in [5, 5.41) is 8.74. The van der Waals surface area contributed by atoms with E-state index in [2.05, 4.69) is 6.92 Å². The van der Waals surface area contributed by atoms with Gasteiger partial charge in [0, 0.05) is 0 Å². The molecule has 0 heterocycles. The zero-order chi connectivity index (χ0) is 9.56. The summed E-state index contributed by atoms with van der Waals surface area (Å²) in [5.74, 6) is -0.729. The number of hydrogen-bond acceptors (Lipinski definition) is 2. The molecule has 0 aromatic heterocycles. The molecule has 0 aromatic carbocycles. The number of hydrogen-bond donors (Lipinski definition) is 1. The van der Waals surface area contributed by atoms with E-state index < -0.39 is 5.97 Å². The smallest absolute Gasteiger partial charge is 0.320 e. The van der Waals surface area contributed by atoms with Gasteiger partial charge in [0.05, 0.1) is 0 Å². The Morgan fingerprint density at radius 2 is 2.08 bits per heavy atom. The minimum absolute atomic E-state index is 0.346. The van der Waals surface area contributed by atoms with Crippen LogP contribution in [0.2, 0.25) is 0 Å². The van der Waals surface area contributed by atoms with Crippen molar-refractivity contribution in [2.45, 2.75) is 39.7 Å². The van der Waals surface area contributed by atoms with Crippen molar-refractivity contribution in [3.05, 3.63) is 0 Å². The number of carboxylic acid groups (broad SMARTS) is 1. The maximum atomic E-state index is 10.6. The van der Waals surface area contributed by atoms with Gasteiger partial charge in [0.15, 0.2) is 0 Å². The quantitative estimate of drug-likeness (QED) is 0.663. The zero-order valence-corrected chi connectivity index (χ0v) is 8.21. The molecular formula is C9H19NO2. The van der Waals surface area contributed by atoms with Gasteiger partial charge in [-0.2, -0.15) is 0 Å². The Morgan fingerprint density at radius 3 is 2.42 bits per heavy atom. The third kappa shape index (κ3) is 3.72. The van der Waals surface area contributed by atoms with E-state index >= 15 is 0 Å². The molecule has 3 heteroatoms. The second kappa shape index (κ2) is 6.00. The summed E-state index contributed by atoms with van der Waals surface area (Å²) in [6, 6.07) is -0.346. The van der Waals surface area contributed by atoms with Crippen LogP contribution in [0.15, 0.2) is 0 Å². The Kier molecular flexibility index (Phi) is 5.72. The highest BCUT2D eigenvalue weighted by Crippen LogP contribution is 2.01. The van der Waals surface area contributed by atoms with Gasteiger partial charge in [-0.25, -0.2) is 0 Å². The van der Waals surface area contributed by atoms with Crippen molar-refractivity contribution in [1.29, 1.82) is 0 Å². The lowest BCUT2D eigenvalue weighted by Gasteiger charge is -2.24. The summed E-state index contributed by atoms with van der Waals surface area (Å²) in [4.78, 5) is 12.6. The standard InChI is InChI=1S/C9H19NO2/c1-4-6-7-10(5-2)8(3)9(11)12/h8H,4-7H2,1-3H3,(H,11,12). The molecule has 0 aliphatic carbocycles. The van der Waals surface area contributed by atoms with Crippen LogP contribution in [-0.2, 0) is 4.79 Å². The predicted molar refractivity (Wildman–Crippen MR) is 49.3 cm³/mol. The number of carboxylic acids is 1. The van der Waals surface area contributed by atoms with Gasteiger partial charge >= 0.3 is 5.97 Å². The second-order valence-corrected chi connectivity index (χ2v) is 3.00. The van der Waals surface area contributed by atoms with Gasteiger partial charge in [-0.05, 0) is 26.4 Å². The Balaban J connectivity index is 3.87. The fourth-order valence-electron chi connectivity index (χ4n) is 1.14. The molecule has 0 saturated carbocycles. The summed E-state index contributed by atoms with van der Waals surface area (Å²) in [6.45, 7) is 7.55.